The number of ketones is 1. The van der Waals surface area contributed by atoms with Gasteiger partial charge in [-0.3, -0.25) is 9.59 Å². The van der Waals surface area contributed by atoms with Gasteiger partial charge in [-0.1, -0.05) is 20.3 Å². The second-order valence-electron chi connectivity index (χ2n) is 4.06. The highest BCUT2D eigenvalue weighted by molar-refractivity contribution is 6.36. The van der Waals surface area contributed by atoms with Crippen molar-refractivity contribution < 1.29 is 23.9 Å². The first-order valence-corrected chi connectivity index (χ1v) is 6.62. The van der Waals surface area contributed by atoms with Crippen LogP contribution in [0.5, 0.6) is 0 Å². The van der Waals surface area contributed by atoms with E-state index in [1.165, 1.54) is 0 Å². The Morgan fingerprint density at radius 3 is 2.37 bits per heavy atom. The number of ether oxygens (including phenoxy) is 2. The van der Waals surface area contributed by atoms with Crippen molar-refractivity contribution in [2.45, 2.75) is 46.1 Å². The summed E-state index contributed by atoms with van der Waals surface area (Å²) in [7, 11) is 0. The zero-order valence-corrected chi connectivity index (χ0v) is 11.9. The molecule has 0 bridgehead atoms. The van der Waals surface area contributed by atoms with E-state index < -0.39 is 17.7 Å². The number of carbonyl (C=O) groups is 3. The van der Waals surface area contributed by atoms with Gasteiger partial charge in [0.15, 0.2) is 0 Å². The Kier molecular flexibility index (Phi) is 9.70. The van der Waals surface area contributed by atoms with Gasteiger partial charge < -0.3 is 14.8 Å². The van der Waals surface area contributed by atoms with E-state index in [9.17, 15) is 14.4 Å². The summed E-state index contributed by atoms with van der Waals surface area (Å²) >= 11 is 0. The molecule has 0 saturated carbocycles. The number of rotatable bonds is 10. The van der Waals surface area contributed by atoms with Gasteiger partial charge in [-0.15, -0.1) is 0 Å². The number of hydrogen-bond donors (Lipinski definition) is 1. The summed E-state index contributed by atoms with van der Waals surface area (Å²) < 4.78 is 9.89. The molecular weight excluding hydrogens is 250 g/mol. The van der Waals surface area contributed by atoms with E-state index in [1.54, 1.807) is 13.8 Å². The van der Waals surface area contributed by atoms with Crippen LogP contribution in [0.15, 0.2) is 0 Å². The van der Waals surface area contributed by atoms with E-state index in [0.29, 0.717) is 13.0 Å². The Balaban J connectivity index is 4.08. The molecule has 1 N–H and O–H groups in total. The third kappa shape index (κ3) is 8.31. The van der Waals surface area contributed by atoms with Crippen LogP contribution < -0.4 is 5.32 Å². The number of esters is 1. The average molecular weight is 273 g/mol. The summed E-state index contributed by atoms with van der Waals surface area (Å²) in [6.07, 6.45) is 1.70. The van der Waals surface area contributed by atoms with Crippen molar-refractivity contribution in [1.29, 1.82) is 0 Å². The molecule has 0 spiro atoms. The van der Waals surface area contributed by atoms with Gasteiger partial charge in [-0.05, 0) is 13.3 Å². The summed E-state index contributed by atoms with van der Waals surface area (Å²) in [6.45, 7) is 5.66. The first-order valence-electron chi connectivity index (χ1n) is 6.62. The van der Waals surface area contributed by atoms with Crippen LogP contribution in [0.2, 0.25) is 0 Å². The first kappa shape index (κ1) is 17.6. The van der Waals surface area contributed by atoms with Gasteiger partial charge in [0.05, 0.1) is 19.3 Å². The molecule has 0 aliphatic rings. The Morgan fingerprint density at radius 1 is 1.16 bits per heavy atom. The van der Waals surface area contributed by atoms with Crippen LogP contribution in [0.1, 0.15) is 40.0 Å². The van der Waals surface area contributed by atoms with Crippen LogP contribution in [0.4, 0.5) is 0 Å². The lowest BCUT2D eigenvalue weighted by Crippen LogP contribution is -2.42. The fourth-order valence-electron chi connectivity index (χ4n) is 1.46. The summed E-state index contributed by atoms with van der Waals surface area (Å²) in [4.78, 5) is 33.7. The van der Waals surface area contributed by atoms with Crippen LogP contribution in [0.3, 0.4) is 0 Å². The maximum atomic E-state index is 11.5. The van der Waals surface area contributed by atoms with Crippen molar-refractivity contribution in [3.05, 3.63) is 0 Å². The maximum Gasteiger partial charge on any atom is 0.332 e. The molecule has 0 rings (SSSR count). The molecule has 0 unspecified atom stereocenters. The minimum Gasteiger partial charge on any atom is -0.464 e. The van der Waals surface area contributed by atoms with Gasteiger partial charge >= 0.3 is 5.97 Å². The second kappa shape index (κ2) is 10.5. The lowest BCUT2D eigenvalue weighted by molar-refractivity contribution is -0.148. The van der Waals surface area contributed by atoms with Crippen LogP contribution in [0, 0.1) is 0 Å². The maximum absolute atomic E-state index is 11.5. The number of nitrogens with one attached hydrogen (secondary N) is 1. The molecule has 0 fully saturated rings. The zero-order chi connectivity index (χ0) is 14.7. The van der Waals surface area contributed by atoms with E-state index in [4.69, 9.17) is 9.47 Å². The Labute approximate surface area is 113 Å². The fourth-order valence-corrected chi connectivity index (χ4v) is 1.46. The first-order chi connectivity index (χ1) is 9.04. The summed E-state index contributed by atoms with van der Waals surface area (Å²) in [5.41, 5.74) is 0. The van der Waals surface area contributed by atoms with Crippen molar-refractivity contribution in [3.8, 4) is 0 Å². The predicted molar refractivity (Wildman–Crippen MR) is 69.6 cm³/mol. The molecule has 1 atom stereocenters. The molecule has 0 aromatic heterocycles. The van der Waals surface area contributed by atoms with Crippen LogP contribution in [-0.2, 0) is 23.9 Å². The average Bonchev–Trinajstić information content (AvgIpc) is 2.38. The highest BCUT2D eigenvalue weighted by Crippen LogP contribution is 1.99. The predicted octanol–water partition coefficient (Wildman–Crippen LogP) is 0.830. The molecule has 0 radical (unpaired) electrons. The highest BCUT2D eigenvalue weighted by Gasteiger charge is 2.17. The van der Waals surface area contributed by atoms with Gasteiger partial charge in [0.2, 0.25) is 5.78 Å². The SMILES string of the molecule is CCC[C@@H](COCC(=O)OCC)NC(=O)C(=O)CC. The van der Waals surface area contributed by atoms with Crippen molar-refractivity contribution >= 4 is 17.7 Å². The van der Waals surface area contributed by atoms with E-state index in [2.05, 4.69) is 5.32 Å². The molecule has 1 amide bonds. The number of carbonyl (C=O) groups excluding carboxylic acids is 3. The molecule has 0 aliphatic carbocycles. The minimum atomic E-state index is -0.597. The molecule has 0 heterocycles. The van der Waals surface area contributed by atoms with Crippen LogP contribution >= 0.6 is 0 Å². The van der Waals surface area contributed by atoms with Gasteiger partial charge in [0.1, 0.15) is 6.61 Å². The molecule has 6 heteroatoms. The zero-order valence-electron chi connectivity index (χ0n) is 11.9. The second-order valence-corrected chi connectivity index (χ2v) is 4.06. The molecule has 6 nitrogen and oxygen atoms in total. The molecule has 0 aliphatic heterocycles. The van der Waals surface area contributed by atoms with E-state index in [0.717, 1.165) is 6.42 Å². The topological polar surface area (TPSA) is 81.7 Å². The standard InChI is InChI=1S/C13H23NO5/c1-4-7-10(14-13(17)11(15)5-2)8-18-9-12(16)19-6-3/h10H,4-9H2,1-3H3,(H,14,17)/t10-/m0/s1. The normalized spacial score (nSPS) is 11.7. The summed E-state index contributed by atoms with van der Waals surface area (Å²) in [5, 5.41) is 2.61. The molecular formula is C13H23NO5. The monoisotopic (exact) mass is 273 g/mol. The lowest BCUT2D eigenvalue weighted by atomic mass is 10.1. The third-order valence-corrected chi connectivity index (χ3v) is 2.39. The largest absolute Gasteiger partial charge is 0.464 e. The fraction of sp³-hybridized carbons (Fsp3) is 0.769. The highest BCUT2D eigenvalue weighted by atomic mass is 16.6. The molecule has 0 saturated heterocycles. The number of amides is 1. The molecule has 19 heavy (non-hydrogen) atoms. The number of hydrogen-bond acceptors (Lipinski definition) is 5. The van der Waals surface area contributed by atoms with Gasteiger partial charge in [-0.25, -0.2) is 4.79 Å². The minimum absolute atomic E-state index is 0.147. The number of Topliss-reactive ketones (excluding diaryl/α,β-unsaturated/α-hetero) is 1. The smallest absolute Gasteiger partial charge is 0.332 e. The molecule has 110 valence electrons. The van der Waals surface area contributed by atoms with E-state index >= 15 is 0 Å². The van der Waals surface area contributed by atoms with Crippen molar-refractivity contribution in [2.24, 2.45) is 0 Å². The van der Waals surface area contributed by atoms with Crippen molar-refractivity contribution in [3.63, 3.8) is 0 Å². The van der Waals surface area contributed by atoms with E-state index in [1.807, 2.05) is 6.92 Å². The van der Waals surface area contributed by atoms with Crippen LogP contribution in [0.25, 0.3) is 0 Å². The third-order valence-electron chi connectivity index (χ3n) is 2.39. The van der Waals surface area contributed by atoms with Crippen LogP contribution in [-0.4, -0.2) is 43.5 Å². The van der Waals surface area contributed by atoms with Gasteiger partial charge in [0, 0.05) is 6.42 Å². The van der Waals surface area contributed by atoms with Crippen molar-refractivity contribution in [1.82, 2.24) is 5.32 Å². The quantitative estimate of drug-likeness (QED) is 0.471. The Bertz CT molecular complexity index is 303. The molecule has 0 aromatic rings. The van der Waals surface area contributed by atoms with Crippen molar-refractivity contribution in [2.75, 3.05) is 19.8 Å². The lowest BCUT2D eigenvalue weighted by Gasteiger charge is -2.17. The Hall–Kier alpha value is -1.43. The summed E-state index contributed by atoms with van der Waals surface area (Å²) in [5.74, 6) is -1.49. The van der Waals surface area contributed by atoms with E-state index in [-0.39, 0.29) is 25.7 Å². The summed E-state index contributed by atoms with van der Waals surface area (Å²) in [6, 6.07) is -0.262. The molecule has 0 aromatic carbocycles. The van der Waals surface area contributed by atoms with Gasteiger partial charge in [-0.2, -0.15) is 0 Å². The van der Waals surface area contributed by atoms with Gasteiger partial charge in [0.25, 0.3) is 5.91 Å². The Morgan fingerprint density at radius 2 is 1.84 bits per heavy atom.